The molecule has 152 valence electrons. The van der Waals surface area contributed by atoms with Gasteiger partial charge in [-0.15, -0.1) is 0 Å². The van der Waals surface area contributed by atoms with Crippen LogP contribution in [0.2, 0.25) is 0 Å². The number of fused-ring (bicyclic) bond motifs is 1. The Labute approximate surface area is 172 Å². The van der Waals surface area contributed by atoms with E-state index < -0.39 is 6.10 Å². The van der Waals surface area contributed by atoms with E-state index >= 15 is 0 Å². The number of halogens is 1. The van der Waals surface area contributed by atoms with Crippen molar-refractivity contribution in [2.24, 2.45) is 5.92 Å². The number of hydrogen-bond acceptors (Lipinski definition) is 6. The van der Waals surface area contributed by atoms with Crippen LogP contribution in [-0.2, 0) is 4.74 Å². The zero-order valence-electron chi connectivity index (χ0n) is 16.3. The van der Waals surface area contributed by atoms with Gasteiger partial charge in [-0.2, -0.15) is 4.98 Å². The van der Waals surface area contributed by atoms with Gasteiger partial charge in [-0.05, 0) is 53.6 Å². The van der Waals surface area contributed by atoms with Crippen molar-refractivity contribution in [3.8, 4) is 0 Å². The van der Waals surface area contributed by atoms with Gasteiger partial charge < -0.3 is 15.2 Å². The second-order valence-electron chi connectivity index (χ2n) is 7.92. The molecule has 7 nitrogen and oxygen atoms in total. The van der Waals surface area contributed by atoms with Crippen LogP contribution < -0.4 is 10.9 Å². The summed E-state index contributed by atoms with van der Waals surface area (Å²) in [5.74, 6) is 0.918. The fourth-order valence-electron chi connectivity index (χ4n) is 4.64. The van der Waals surface area contributed by atoms with Crippen LogP contribution in [-0.4, -0.2) is 45.0 Å². The topological polar surface area (TPSA) is 89.3 Å². The van der Waals surface area contributed by atoms with Crippen LogP contribution >= 0.6 is 15.9 Å². The Kier molecular flexibility index (Phi) is 5.71. The van der Waals surface area contributed by atoms with Crippen molar-refractivity contribution in [1.29, 1.82) is 0 Å². The van der Waals surface area contributed by atoms with Crippen molar-refractivity contribution in [1.82, 2.24) is 14.5 Å². The standard InChI is InChI=1S/C20H27BrN4O3/c1-3-12-5-4-6-14(12)25-16(27)9-11(2)17-18(21)23-20(24-19(17)25)22-13-7-8-28-10-15(13)26/h9,12-15,26H,3-8,10H2,1-2H3,(H,22,23,24)/t12-,13+,14+,15+/m0/s1. The van der Waals surface area contributed by atoms with Crippen LogP contribution in [0.15, 0.2) is 15.5 Å². The quantitative estimate of drug-likeness (QED) is 0.695. The summed E-state index contributed by atoms with van der Waals surface area (Å²) in [4.78, 5) is 22.3. The molecule has 3 heterocycles. The number of nitrogens with zero attached hydrogens (tertiary/aromatic N) is 3. The molecule has 2 aromatic heterocycles. The summed E-state index contributed by atoms with van der Waals surface area (Å²) in [6.07, 6.45) is 4.41. The number of hydrogen-bond donors (Lipinski definition) is 2. The SMILES string of the molecule is CC[C@H]1CCC[C@H]1n1c(=O)cc(C)c2c(Br)nc(N[C@@H]3CCOC[C@H]3O)nc21. The van der Waals surface area contributed by atoms with Crippen LogP contribution in [0.4, 0.5) is 5.95 Å². The molecule has 4 atom stereocenters. The molecule has 2 aliphatic rings. The van der Waals surface area contributed by atoms with Crippen molar-refractivity contribution >= 4 is 32.9 Å². The average molecular weight is 451 g/mol. The highest BCUT2D eigenvalue weighted by Gasteiger charge is 2.31. The number of nitrogens with one attached hydrogen (secondary N) is 1. The zero-order valence-corrected chi connectivity index (χ0v) is 17.9. The van der Waals surface area contributed by atoms with Gasteiger partial charge in [0.25, 0.3) is 5.56 Å². The highest BCUT2D eigenvalue weighted by atomic mass is 79.9. The van der Waals surface area contributed by atoms with E-state index in [9.17, 15) is 9.90 Å². The predicted octanol–water partition coefficient (Wildman–Crippen LogP) is 3.18. The molecule has 2 fully saturated rings. The molecular weight excluding hydrogens is 424 g/mol. The maximum Gasteiger partial charge on any atom is 0.252 e. The molecule has 0 aromatic carbocycles. The summed E-state index contributed by atoms with van der Waals surface area (Å²) in [5.41, 5.74) is 1.53. The minimum Gasteiger partial charge on any atom is -0.389 e. The van der Waals surface area contributed by atoms with Crippen LogP contribution in [0.1, 0.15) is 50.6 Å². The lowest BCUT2D eigenvalue weighted by atomic mass is 10.00. The van der Waals surface area contributed by atoms with Crippen molar-refractivity contribution in [3.63, 3.8) is 0 Å². The predicted molar refractivity (Wildman–Crippen MR) is 112 cm³/mol. The van der Waals surface area contributed by atoms with Crippen molar-refractivity contribution in [2.45, 2.75) is 64.1 Å². The Bertz CT molecular complexity index is 932. The fourth-order valence-corrected chi connectivity index (χ4v) is 5.30. The van der Waals surface area contributed by atoms with E-state index in [0.717, 1.165) is 36.6 Å². The Morgan fingerprint density at radius 1 is 1.36 bits per heavy atom. The number of pyridine rings is 1. The number of anilines is 1. The minimum atomic E-state index is -0.606. The van der Waals surface area contributed by atoms with Crippen molar-refractivity contribution in [3.05, 3.63) is 26.6 Å². The van der Waals surface area contributed by atoms with Crippen LogP contribution in [0.25, 0.3) is 11.0 Å². The van der Waals surface area contributed by atoms with E-state index in [1.807, 2.05) is 11.5 Å². The third-order valence-corrected chi connectivity index (χ3v) is 6.74. The molecule has 28 heavy (non-hydrogen) atoms. The molecule has 0 bridgehead atoms. The summed E-state index contributed by atoms with van der Waals surface area (Å²) >= 11 is 3.58. The van der Waals surface area contributed by atoms with Gasteiger partial charge >= 0.3 is 0 Å². The maximum absolute atomic E-state index is 13.0. The molecular formula is C20H27BrN4O3. The fraction of sp³-hybridized carbons (Fsp3) is 0.650. The third-order valence-electron chi connectivity index (χ3n) is 6.16. The molecule has 1 aliphatic carbocycles. The first-order valence-corrected chi connectivity index (χ1v) is 10.9. The van der Waals surface area contributed by atoms with Crippen LogP contribution in [0, 0.1) is 12.8 Å². The Morgan fingerprint density at radius 3 is 2.93 bits per heavy atom. The smallest absolute Gasteiger partial charge is 0.252 e. The van der Waals surface area contributed by atoms with E-state index in [1.165, 1.54) is 0 Å². The molecule has 0 radical (unpaired) electrons. The molecule has 2 aromatic rings. The lowest BCUT2D eigenvalue weighted by Crippen LogP contribution is -2.42. The van der Waals surface area contributed by atoms with Crippen LogP contribution in [0.3, 0.4) is 0 Å². The molecule has 0 unspecified atom stereocenters. The first-order chi connectivity index (χ1) is 13.5. The first-order valence-electron chi connectivity index (χ1n) is 10.1. The van der Waals surface area contributed by atoms with Crippen molar-refractivity contribution in [2.75, 3.05) is 18.5 Å². The van der Waals surface area contributed by atoms with Crippen molar-refractivity contribution < 1.29 is 9.84 Å². The van der Waals surface area contributed by atoms with E-state index in [1.54, 1.807) is 6.07 Å². The minimum absolute atomic E-state index is 0.00185. The molecule has 2 N–H and O–H groups in total. The maximum atomic E-state index is 13.0. The van der Waals surface area contributed by atoms with Gasteiger partial charge in [-0.1, -0.05) is 19.8 Å². The Balaban J connectivity index is 1.82. The molecule has 0 spiro atoms. The van der Waals surface area contributed by atoms with Gasteiger partial charge in [0.2, 0.25) is 5.95 Å². The largest absolute Gasteiger partial charge is 0.389 e. The van der Waals surface area contributed by atoms with Gasteiger partial charge in [0, 0.05) is 18.7 Å². The number of ether oxygens (including phenoxy) is 1. The highest BCUT2D eigenvalue weighted by molar-refractivity contribution is 9.10. The number of aliphatic hydroxyl groups excluding tert-OH is 1. The first kappa shape index (κ1) is 19.8. The monoisotopic (exact) mass is 450 g/mol. The molecule has 1 saturated heterocycles. The van der Waals surface area contributed by atoms with E-state index in [2.05, 4.69) is 33.2 Å². The van der Waals surface area contributed by atoms with Gasteiger partial charge in [-0.3, -0.25) is 9.36 Å². The lowest BCUT2D eigenvalue weighted by Gasteiger charge is -2.29. The van der Waals surface area contributed by atoms with Crippen LogP contribution in [0.5, 0.6) is 0 Å². The van der Waals surface area contributed by atoms with Gasteiger partial charge in [-0.25, -0.2) is 4.98 Å². The summed E-state index contributed by atoms with van der Waals surface area (Å²) in [6, 6.07) is 1.69. The summed E-state index contributed by atoms with van der Waals surface area (Å²) in [6.45, 7) is 5.00. The molecule has 1 saturated carbocycles. The second kappa shape index (κ2) is 8.08. The molecule has 1 aliphatic heterocycles. The van der Waals surface area contributed by atoms with E-state index in [-0.39, 0.29) is 17.6 Å². The second-order valence-corrected chi connectivity index (χ2v) is 8.67. The Morgan fingerprint density at radius 2 is 2.18 bits per heavy atom. The normalized spacial score (nSPS) is 28.0. The van der Waals surface area contributed by atoms with E-state index in [4.69, 9.17) is 9.72 Å². The van der Waals surface area contributed by atoms with Gasteiger partial charge in [0.15, 0.2) is 0 Å². The summed E-state index contributed by atoms with van der Waals surface area (Å²) in [5, 5.41) is 14.3. The Hall–Kier alpha value is -1.51. The van der Waals surface area contributed by atoms with E-state index in [0.29, 0.717) is 41.8 Å². The third kappa shape index (κ3) is 3.57. The average Bonchev–Trinajstić information content (AvgIpc) is 3.11. The molecule has 4 rings (SSSR count). The zero-order chi connectivity index (χ0) is 19.8. The summed E-state index contributed by atoms with van der Waals surface area (Å²) < 4.78 is 7.84. The summed E-state index contributed by atoms with van der Waals surface area (Å²) in [7, 11) is 0. The van der Waals surface area contributed by atoms with Gasteiger partial charge in [0.1, 0.15) is 10.3 Å². The molecule has 0 amide bonds. The van der Waals surface area contributed by atoms with Gasteiger partial charge in [0.05, 0.1) is 24.1 Å². The number of rotatable bonds is 4. The highest BCUT2D eigenvalue weighted by Crippen LogP contribution is 2.39. The molecule has 8 heteroatoms. The lowest BCUT2D eigenvalue weighted by molar-refractivity contribution is -0.0136. The number of aliphatic hydroxyl groups is 1. The number of aryl methyl sites for hydroxylation is 1. The number of aromatic nitrogens is 3.